The predicted octanol–water partition coefficient (Wildman–Crippen LogP) is 4.90. The van der Waals surface area contributed by atoms with Crippen LogP contribution in [0.4, 0.5) is 9.80 Å². The number of amides is 2. The van der Waals surface area contributed by atoms with Gasteiger partial charge in [0.15, 0.2) is 0 Å². The maximum absolute atomic E-state index is 12.7. The summed E-state index contributed by atoms with van der Waals surface area (Å²) in [6.07, 6.45) is 6.39. The second kappa shape index (κ2) is 11.4. The van der Waals surface area contributed by atoms with Crippen LogP contribution >= 0.6 is 22.7 Å². The lowest BCUT2D eigenvalue weighted by Gasteiger charge is -2.25. The number of likely N-dealkylation sites (N-methyl/N-ethyl adjacent to an activating group) is 1. The zero-order chi connectivity index (χ0) is 24.0. The fourth-order valence-corrected chi connectivity index (χ4v) is 6.68. The van der Waals surface area contributed by atoms with Crippen LogP contribution in [0.5, 0.6) is 0 Å². The summed E-state index contributed by atoms with van der Waals surface area (Å²) in [5, 5.41) is 8.42. The minimum absolute atomic E-state index is 0.129. The Morgan fingerprint density at radius 3 is 2.45 bits per heavy atom. The lowest BCUT2D eigenvalue weighted by molar-refractivity contribution is -0.191. The van der Waals surface area contributed by atoms with E-state index in [0.29, 0.717) is 6.54 Å². The smallest absolute Gasteiger partial charge is 0.334 e. The highest BCUT2D eigenvalue weighted by molar-refractivity contribution is 7.16. The molecule has 7 nitrogen and oxygen atoms in total. The molecule has 2 amide bonds. The Hall–Kier alpha value is -2.71. The quantitative estimate of drug-likeness (QED) is 0.519. The van der Waals surface area contributed by atoms with Crippen molar-refractivity contribution in [1.29, 1.82) is 0 Å². The minimum Gasteiger partial charge on any atom is -0.334 e. The molecule has 176 valence electrons. The third kappa shape index (κ3) is 5.62. The molecule has 1 aliphatic heterocycles. The van der Waals surface area contributed by atoms with Crippen LogP contribution in [-0.2, 0) is 35.5 Å². The van der Waals surface area contributed by atoms with E-state index < -0.39 is 0 Å². The Kier molecular flexibility index (Phi) is 8.63. The summed E-state index contributed by atoms with van der Waals surface area (Å²) in [4.78, 5) is 34.2. The zero-order valence-electron chi connectivity index (χ0n) is 19.5. The normalized spacial score (nSPS) is 13.0. The van der Waals surface area contributed by atoms with Gasteiger partial charge in [-0.15, -0.1) is 22.7 Å². The number of anilines is 1. The largest absolute Gasteiger partial charge is 0.373 e. The number of thiophene rings is 2. The molecule has 4 rings (SSSR count). The fraction of sp³-hybridized carbons (Fsp3) is 0.417. The Morgan fingerprint density at radius 1 is 1.12 bits per heavy atom. The molecule has 0 aliphatic carbocycles. The highest BCUT2D eigenvalue weighted by atomic mass is 32.1. The zero-order valence-corrected chi connectivity index (χ0v) is 21.1. The summed E-state index contributed by atoms with van der Waals surface area (Å²) in [6.45, 7) is 12.3. The molecule has 2 N–H and O–H groups in total. The van der Waals surface area contributed by atoms with E-state index in [4.69, 9.17) is 9.59 Å². The average Bonchev–Trinajstić information content (AvgIpc) is 3.51. The Balaban J connectivity index is 0.000000968. The predicted molar refractivity (Wildman–Crippen MR) is 132 cm³/mol. The summed E-state index contributed by atoms with van der Waals surface area (Å²) in [5.74, 6) is 0. The molecular weight excluding hydrogens is 456 g/mol. The maximum atomic E-state index is 12.7. The molecule has 33 heavy (non-hydrogen) atoms. The summed E-state index contributed by atoms with van der Waals surface area (Å²) >= 11 is 3.52. The van der Waals surface area contributed by atoms with Gasteiger partial charge in [0.25, 0.3) is 0 Å². The molecule has 0 aromatic carbocycles. The number of nitrogens with one attached hydrogen (secondary N) is 2. The van der Waals surface area contributed by atoms with E-state index in [1.54, 1.807) is 11.3 Å². The van der Waals surface area contributed by atoms with Gasteiger partial charge < -0.3 is 9.88 Å². The second-order valence-corrected chi connectivity index (χ2v) is 10.1. The molecule has 0 saturated carbocycles. The van der Waals surface area contributed by atoms with E-state index in [9.17, 15) is 4.79 Å². The van der Waals surface area contributed by atoms with Gasteiger partial charge in [-0.25, -0.2) is 4.79 Å². The summed E-state index contributed by atoms with van der Waals surface area (Å²) in [6, 6.07) is 3.97. The highest BCUT2D eigenvalue weighted by Gasteiger charge is 2.24. The number of nitrogens with zero attached hydrogens (tertiary/aromatic N) is 2. The number of fused-ring (bicyclic) bond motifs is 1. The van der Waals surface area contributed by atoms with Crippen molar-refractivity contribution in [2.24, 2.45) is 0 Å². The number of urea groups is 1. The number of carbonyl (C=O) groups is 1. The first-order valence-corrected chi connectivity index (χ1v) is 12.7. The van der Waals surface area contributed by atoms with Crippen LogP contribution in [0, 0.1) is 13.8 Å². The van der Waals surface area contributed by atoms with E-state index in [1.165, 1.54) is 37.0 Å². The fourth-order valence-electron chi connectivity index (χ4n) is 4.15. The number of aromatic nitrogens is 1. The Bertz CT molecular complexity index is 1130. The van der Waals surface area contributed by atoms with E-state index in [1.807, 2.05) is 11.3 Å². The van der Waals surface area contributed by atoms with Gasteiger partial charge in [-0.1, -0.05) is 13.8 Å². The second-order valence-electron chi connectivity index (χ2n) is 7.83. The molecule has 1 aliphatic rings. The first-order valence-electron chi connectivity index (χ1n) is 11.0. The summed E-state index contributed by atoms with van der Waals surface area (Å²) < 4.78 is 2.18. The van der Waals surface area contributed by atoms with Gasteiger partial charge in [0.05, 0.1) is 0 Å². The highest BCUT2D eigenvalue weighted by Crippen LogP contribution is 2.36. The topological polar surface area (TPSA) is 83.4 Å². The van der Waals surface area contributed by atoms with Gasteiger partial charge in [0.1, 0.15) is 10.0 Å². The molecule has 0 spiro atoms. The first kappa shape index (κ1) is 24.9. The Labute approximate surface area is 202 Å². The number of hydrogen-bond donors (Lipinski definition) is 2. The van der Waals surface area contributed by atoms with Gasteiger partial charge in [0.2, 0.25) is 0 Å². The maximum Gasteiger partial charge on any atom is 0.373 e. The molecule has 0 fully saturated rings. The summed E-state index contributed by atoms with van der Waals surface area (Å²) in [7, 11) is 0. The van der Waals surface area contributed by atoms with Crippen molar-refractivity contribution in [2.75, 3.05) is 18.4 Å². The monoisotopic (exact) mass is 486 g/mol. The molecule has 0 unspecified atom stereocenters. The van der Waals surface area contributed by atoms with Crippen molar-refractivity contribution in [3.63, 3.8) is 0 Å². The van der Waals surface area contributed by atoms with Gasteiger partial charge >= 0.3 is 12.2 Å². The van der Waals surface area contributed by atoms with Crippen LogP contribution in [0.2, 0.25) is 0 Å². The third-order valence-electron chi connectivity index (χ3n) is 6.03. The van der Waals surface area contributed by atoms with Crippen LogP contribution in [0.3, 0.4) is 0 Å². The van der Waals surface area contributed by atoms with E-state index >= 15 is 0 Å². The van der Waals surface area contributed by atoms with E-state index in [2.05, 4.69) is 72.3 Å². The lowest BCUT2D eigenvalue weighted by atomic mass is 10.0. The average molecular weight is 487 g/mol. The molecule has 0 atom stereocenters. The van der Waals surface area contributed by atoms with Crippen LogP contribution < -0.4 is 10.6 Å². The first-order chi connectivity index (χ1) is 15.9. The third-order valence-corrected chi connectivity index (χ3v) is 8.46. The van der Waals surface area contributed by atoms with Crippen molar-refractivity contribution in [2.45, 2.75) is 53.6 Å². The van der Waals surface area contributed by atoms with Crippen molar-refractivity contribution in [1.82, 2.24) is 14.8 Å². The van der Waals surface area contributed by atoms with Crippen molar-refractivity contribution in [3.8, 4) is 5.00 Å². The van der Waals surface area contributed by atoms with Crippen molar-refractivity contribution >= 4 is 39.9 Å². The van der Waals surface area contributed by atoms with Crippen LogP contribution in [0.1, 0.15) is 45.9 Å². The molecule has 0 saturated heterocycles. The number of aryl methyl sites for hydroxylation is 1. The van der Waals surface area contributed by atoms with E-state index in [0.717, 1.165) is 37.5 Å². The van der Waals surface area contributed by atoms with Gasteiger partial charge in [-0.3, -0.25) is 10.2 Å². The lowest BCUT2D eigenvalue weighted by Crippen LogP contribution is -2.31. The van der Waals surface area contributed by atoms with Gasteiger partial charge in [-0.05, 0) is 62.1 Å². The molecule has 9 heteroatoms. The number of rotatable bonds is 6. The number of hydrogen-bond acceptors (Lipinski definition) is 6. The Morgan fingerprint density at radius 2 is 1.82 bits per heavy atom. The van der Waals surface area contributed by atoms with Gasteiger partial charge in [0, 0.05) is 47.3 Å². The van der Waals surface area contributed by atoms with Crippen LogP contribution in [0.25, 0.3) is 5.00 Å². The summed E-state index contributed by atoms with van der Waals surface area (Å²) in [5.41, 5.74) is 5.21. The molecule has 3 aromatic rings. The van der Waals surface area contributed by atoms with Crippen molar-refractivity contribution in [3.05, 3.63) is 56.5 Å². The SMILES string of the molecule is CCc1c(NC(=O)NCc2c(-n3cccc3)sc3c2CCN(CC)C3)sc(C)c1C.O=C=O. The standard InChI is InChI=1S/C23H30N4OS2.CO2/c1-5-17-15(3)16(4)29-21(17)25-23(28)24-13-19-18-9-12-26(6-2)14-20(18)30-22(19)27-10-7-8-11-27;2-1-3/h7-8,10-11H,5-6,9,12-14H2,1-4H3,(H2,24,25,28);. The van der Waals surface area contributed by atoms with Crippen molar-refractivity contribution < 1.29 is 14.4 Å². The van der Waals surface area contributed by atoms with Gasteiger partial charge in [-0.2, -0.15) is 9.59 Å². The molecule has 3 aromatic heterocycles. The van der Waals surface area contributed by atoms with Crippen LogP contribution in [-0.4, -0.2) is 34.7 Å². The molecule has 4 heterocycles. The number of carbonyl (C=O) groups excluding carboxylic acids is 3. The molecular formula is C24H30N4O3S2. The molecule has 0 bridgehead atoms. The van der Waals surface area contributed by atoms with E-state index in [-0.39, 0.29) is 12.2 Å². The molecule has 0 radical (unpaired) electrons. The minimum atomic E-state index is -0.129. The van der Waals surface area contributed by atoms with Crippen LogP contribution in [0.15, 0.2) is 24.5 Å².